The summed E-state index contributed by atoms with van der Waals surface area (Å²) in [7, 11) is 1.67. The van der Waals surface area contributed by atoms with E-state index < -0.39 is 11.7 Å². The number of benzene rings is 1. The molecule has 0 bridgehead atoms. The van der Waals surface area contributed by atoms with E-state index in [4.69, 9.17) is 9.73 Å². The van der Waals surface area contributed by atoms with E-state index in [-0.39, 0.29) is 5.69 Å². The average Bonchev–Trinajstić information content (AvgIpc) is 2.96. The predicted octanol–water partition coefficient (Wildman–Crippen LogP) is 6.16. The van der Waals surface area contributed by atoms with E-state index in [0.717, 1.165) is 36.1 Å². The van der Waals surface area contributed by atoms with Gasteiger partial charge in [0.1, 0.15) is 5.60 Å². The van der Waals surface area contributed by atoms with Gasteiger partial charge in [-0.3, -0.25) is 4.90 Å². The number of amides is 1. The SMILES string of the molecule is CCC(C)=C1CC(CC)C=Nc2c1[nH]c(=O)n2-c1cc(C)cc(N(C)C(=O)OC(C)(C)C)c1. The number of hydrogen-bond donors (Lipinski definition) is 1. The Labute approximate surface area is 196 Å². The van der Waals surface area contributed by atoms with Crippen LogP contribution in [0.5, 0.6) is 0 Å². The van der Waals surface area contributed by atoms with Gasteiger partial charge in [-0.15, -0.1) is 0 Å². The van der Waals surface area contributed by atoms with Crippen LogP contribution in [-0.2, 0) is 4.74 Å². The maximum absolute atomic E-state index is 13.1. The van der Waals surface area contributed by atoms with Gasteiger partial charge in [0.25, 0.3) is 0 Å². The van der Waals surface area contributed by atoms with E-state index in [1.54, 1.807) is 11.6 Å². The molecule has 0 spiro atoms. The Balaban J connectivity index is 2.15. The fraction of sp³-hybridized carbons (Fsp3) is 0.500. The number of ether oxygens (including phenoxy) is 1. The standard InChI is InChI=1S/C26H36N4O3/c1-9-17(4)21-13-18(10-2)15-27-23-22(21)28-24(31)30(23)20-12-16(3)11-19(14-20)29(8)25(32)33-26(5,6)7/h11-12,14-15,18H,9-10,13H2,1-8H3,(H,28,31). The van der Waals surface area contributed by atoms with E-state index in [1.165, 1.54) is 10.5 Å². The monoisotopic (exact) mass is 452 g/mol. The van der Waals surface area contributed by atoms with Crippen molar-refractivity contribution in [1.82, 2.24) is 9.55 Å². The zero-order valence-electron chi connectivity index (χ0n) is 21.1. The van der Waals surface area contributed by atoms with Crippen molar-refractivity contribution in [3.63, 3.8) is 0 Å². The van der Waals surface area contributed by atoms with Crippen molar-refractivity contribution >= 4 is 29.4 Å². The van der Waals surface area contributed by atoms with Crippen LogP contribution in [0, 0.1) is 12.8 Å². The Morgan fingerprint density at radius 1 is 1.27 bits per heavy atom. The van der Waals surface area contributed by atoms with E-state index in [9.17, 15) is 9.59 Å². The fourth-order valence-corrected chi connectivity index (χ4v) is 3.94. The van der Waals surface area contributed by atoms with Gasteiger partial charge in [-0.05, 0) is 89.1 Å². The molecule has 1 N–H and O–H groups in total. The van der Waals surface area contributed by atoms with Crippen LogP contribution in [0.1, 0.15) is 72.1 Å². The Kier molecular flexibility index (Phi) is 7.00. The zero-order chi connectivity index (χ0) is 24.5. The second-order valence-electron chi connectivity index (χ2n) is 9.79. The van der Waals surface area contributed by atoms with E-state index in [0.29, 0.717) is 23.1 Å². The molecule has 0 fully saturated rings. The van der Waals surface area contributed by atoms with Gasteiger partial charge in [0.15, 0.2) is 5.82 Å². The summed E-state index contributed by atoms with van der Waals surface area (Å²) in [4.78, 5) is 35.1. The van der Waals surface area contributed by atoms with Crippen LogP contribution in [0.2, 0.25) is 0 Å². The summed E-state index contributed by atoms with van der Waals surface area (Å²) in [5, 5.41) is 0. The number of rotatable bonds is 4. The lowest BCUT2D eigenvalue weighted by molar-refractivity contribution is 0.0589. The molecule has 1 aromatic heterocycles. The lowest BCUT2D eigenvalue weighted by atomic mass is 9.93. The summed E-state index contributed by atoms with van der Waals surface area (Å²) in [5.41, 5.74) is 4.57. The first-order valence-corrected chi connectivity index (χ1v) is 11.6. The number of anilines is 1. The molecular formula is C26H36N4O3. The number of carbonyl (C=O) groups excluding carboxylic acids is 1. The molecule has 1 aliphatic rings. The second kappa shape index (κ2) is 9.41. The molecular weight excluding hydrogens is 416 g/mol. The zero-order valence-corrected chi connectivity index (χ0v) is 21.1. The van der Waals surface area contributed by atoms with Crippen LogP contribution in [0.3, 0.4) is 0 Å². The molecule has 3 rings (SSSR count). The number of carbonyl (C=O) groups is 1. The molecule has 0 saturated heterocycles. The van der Waals surface area contributed by atoms with Crippen molar-refractivity contribution in [2.45, 2.75) is 73.3 Å². The van der Waals surface area contributed by atoms with Crippen molar-refractivity contribution < 1.29 is 9.53 Å². The van der Waals surface area contributed by atoms with Crippen LogP contribution in [0.25, 0.3) is 11.3 Å². The van der Waals surface area contributed by atoms with Crippen molar-refractivity contribution in [1.29, 1.82) is 0 Å². The Hall–Kier alpha value is -3.09. The van der Waals surface area contributed by atoms with Gasteiger partial charge in [0.05, 0.1) is 11.4 Å². The van der Waals surface area contributed by atoms with Gasteiger partial charge in [-0.2, -0.15) is 0 Å². The number of aromatic nitrogens is 2. The molecule has 7 heteroatoms. The maximum atomic E-state index is 13.1. The number of hydrogen-bond acceptors (Lipinski definition) is 4. The molecule has 33 heavy (non-hydrogen) atoms. The first kappa shape index (κ1) is 24.6. The second-order valence-corrected chi connectivity index (χ2v) is 9.79. The molecule has 1 amide bonds. The molecule has 1 atom stereocenters. The number of allylic oxidation sites excluding steroid dienone is 2. The molecule has 1 unspecified atom stereocenters. The van der Waals surface area contributed by atoms with Gasteiger partial charge in [0, 0.05) is 18.9 Å². The average molecular weight is 453 g/mol. The number of fused-ring (bicyclic) bond motifs is 1. The van der Waals surface area contributed by atoms with Crippen molar-refractivity contribution in [3.05, 3.63) is 45.5 Å². The summed E-state index contributed by atoms with van der Waals surface area (Å²) < 4.78 is 7.12. The summed E-state index contributed by atoms with van der Waals surface area (Å²) in [6.07, 6.45) is 4.25. The molecule has 7 nitrogen and oxygen atoms in total. The quantitative estimate of drug-likeness (QED) is 0.603. The van der Waals surface area contributed by atoms with Crippen LogP contribution >= 0.6 is 0 Å². The van der Waals surface area contributed by atoms with Crippen molar-refractivity contribution in [3.8, 4) is 5.69 Å². The number of aromatic amines is 1. The topological polar surface area (TPSA) is 79.7 Å². The summed E-state index contributed by atoms with van der Waals surface area (Å²) >= 11 is 0. The summed E-state index contributed by atoms with van der Waals surface area (Å²) in [6, 6.07) is 5.64. The van der Waals surface area contributed by atoms with Gasteiger partial charge in [-0.1, -0.05) is 19.4 Å². The van der Waals surface area contributed by atoms with Crippen molar-refractivity contribution in [2.24, 2.45) is 10.9 Å². The lowest BCUT2D eigenvalue weighted by Crippen LogP contribution is -2.34. The molecule has 0 saturated carbocycles. The number of nitrogens with one attached hydrogen (secondary N) is 1. The summed E-state index contributed by atoms with van der Waals surface area (Å²) in [5.74, 6) is 0.924. The van der Waals surface area contributed by atoms with Crippen LogP contribution in [0.4, 0.5) is 16.3 Å². The summed E-state index contributed by atoms with van der Waals surface area (Å²) in [6.45, 7) is 13.8. The number of H-pyrrole nitrogens is 1. The van der Waals surface area contributed by atoms with Gasteiger partial charge in [0.2, 0.25) is 0 Å². The normalized spacial score (nSPS) is 17.4. The molecule has 0 aliphatic carbocycles. The minimum Gasteiger partial charge on any atom is -0.443 e. The van der Waals surface area contributed by atoms with Gasteiger partial charge < -0.3 is 9.72 Å². The van der Waals surface area contributed by atoms with E-state index >= 15 is 0 Å². The third kappa shape index (κ3) is 5.29. The highest BCUT2D eigenvalue weighted by Gasteiger charge is 2.25. The van der Waals surface area contributed by atoms with Crippen molar-refractivity contribution in [2.75, 3.05) is 11.9 Å². The molecule has 178 valence electrons. The number of aryl methyl sites for hydroxylation is 1. The number of aliphatic imine (C=N–C) groups is 1. The molecule has 1 aliphatic heterocycles. The van der Waals surface area contributed by atoms with Gasteiger partial charge in [-0.25, -0.2) is 19.1 Å². The Morgan fingerprint density at radius 3 is 2.58 bits per heavy atom. The number of nitrogens with zero attached hydrogens (tertiary/aromatic N) is 3. The molecule has 2 aromatic rings. The number of imidazole rings is 1. The highest BCUT2D eigenvalue weighted by atomic mass is 16.6. The minimum atomic E-state index is -0.600. The third-order valence-corrected chi connectivity index (χ3v) is 5.98. The van der Waals surface area contributed by atoms with Crippen LogP contribution in [-0.4, -0.2) is 34.5 Å². The van der Waals surface area contributed by atoms with E-state index in [1.807, 2.05) is 52.1 Å². The maximum Gasteiger partial charge on any atom is 0.414 e. The van der Waals surface area contributed by atoms with Gasteiger partial charge >= 0.3 is 11.8 Å². The molecule has 0 radical (unpaired) electrons. The minimum absolute atomic E-state index is 0.245. The smallest absolute Gasteiger partial charge is 0.414 e. The Morgan fingerprint density at radius 2 is 1.97 bits per heavy atom. The first-order chi connectivity index (χ1) is 15.4. The lowest BCUT2D eigenvalue weighted by Gasteiger charge is -2.25. The highest BCUT2D eigenvalue weighted by molar-refractivity contribution is 5.88. The highest BCUT2D eigenvalue weighted by Crippen LogP contribution is 2.37. The fourth-order valence-electron chi connectivity index (χ4n) is 3.94. The van der Waals surface area contributed by atoms with Crippen LogP contribution < -0.4 is 10.6 Å². The van der Waals surface area contributed by atoms with E-state index in [2.05, 4.69) is 25.8 Å². The predicted molar refractivity (Wildman–Crippen MR) is 135 cm³/mol. The Bertz CT molecular complexity index is 1160. The largest absolute Gasteiger partial charge is 0.443 e. The van der Waals surface area contributed by atoms with Crippen LogP contribution in [0.15, 0.2) is 33.6 Å². The molecule has 2 heterocycles. The third-order valence-electron chi connectivity index (χ3n) is 5.98. The first-order valence-electron chi connectivity index (χ1n) is 11.6. The molecule has 1 aromatic carbocycles.